The fraction of sp³-hybridized carbons (Fsp3) is 0.500. The van der Waals surface area contributed by atoms with E-state index in [2.05, 4.69) is 84.0 Å². The minimum Gasteiger partial charge on any atom is -1.00 e. The van der Waals surface area contributed by atoms with Crippen molar-refractivity contribution in [2.45, 2.75) is 71.6 Å². The van der Waals surface area contributed by atoms with E-state index in [9.17, 15) is 0 Å². The summed E-state index contributed by atoms with van der Waals surface area (Å²) in [4.78, 5) is 0. The van der Waals surface area contributed by atoms with Crippen molar-refractivity contribution in [3.63, 3.8) is 0 Å². The van der Waals surface area contributed by atoms with Crippen LogP contribution in [0, 0.1) is 17.6 Å². The van der Waals surface area contributed by atoms with Crippen LogP contribution in [0.25, 0.3) is 6.08 Å². The number of allylic oxidation sites excluding steroid dienone is 5. The predicted molar refractivity (Wildman–Crippen MR) is 112 cm³/mol. The van der Waals surface area contributed by atoms with E-state index in [1.807, 2.05) is 0 Å². The molecule has 1 heterocycles. The Bertz CT molecular complexity index is 752. The topological polar surface area (TPSA) is 0 Å². The van der Waals surface area contributed by atoms with Gasteiger partial charge < -0.3 is 24.8 Å². The monoisotopic (exact) mass is 466 g/mol. The standard InChI is InChI=1S/C14H17Si.C10H15.2ClH.Ti/c1-2-15(10-5-11-15)14-9-8-12-6-3-4-7-13(12)14;1-7-6-10(4,5)9(3)8(7)2;;;/h3-4,6-8,14H,2,5,10-11H2,1H3;1-5H3;2*1H;/q2*-1;;;+4/p-2. The molecule has 1 unspecified atom stereocenters. The Morgan fingerprint density at radius 2 is 1.68 bits per heavy atom. The Labute approximate surface area is 201 Å². The SMILES string of the molecule is CC1=[C-]C(C)(C)C(C)=C1C.CC[Si]1(C2[C-]=Cc3ccccc32)CCC1.[Cl-].[Cl-].[Ti+4]. The Kier molecular flexibility index (Phi) is 10.8. The third kappa shape index (κ3) is 5.16. The molecule has 1 aromatic carbocycles. The summed E-state index contributed by atoms with van der Waals surface area (Å²) in [6.45, 7) is 13.3. The zero-order chi connectivity index (χ0) is 18.2. The number of halogens is 2. The number of rotatable bonds is 2. The molecular formula is C24H32Cl2SiTi. The van der Waals surface area contributed by atoms with Crippen LogP contribution < -0.4 is 24.8 Å². The van der Waals surface area contributed by atoms with Gasteiger partial charge in [0.1, 0.15) is 0 Å². The molecule has 0 aromatic heterocycles. The van der Waals surface area contributed by atoms with Crippen molar-refractivity contribution < 1.29 is 46.5 Å². The molecule has 0 radical (unpaired) electrons. The summed E-state index contributed by atoms with van der Waals surface area (Å²) >= 11 is 0. The Morgan fingerprint density at radius 3 is 2.07 bits per heavy atom. The van der Waals surface area contributed by atoms with E-state index in [4.69, 9.17) is 0 Å². The van der Waals surface area contributed by atoms with Crippen LogP contribution in [0.15, 0.2) is 41.0 Å². The van der Waals surface area contributed by atoms with Crippen molar-refractivity contribution in [1.82, 2.24) is 0 Å². The van der Waals surface area contributed by atoms with E-state index in [0.29, 0.717) is 5.54 Å². The van der Waals surface area contributed by atoms with Crippen molar-refractivity contribution in [3.8, 4) is 0 Å². The summed E-state index contributed by atoms with van der Waals surface area (Å²) in [5.41, 5.74) is 8.11. The van der Waals surface area contributed by atoms with Crippen LogP contribution in [0.5, 0.6) is 0 Å². The minimum absolute atomic E-state index is 0. The van der Waals surface area contributed by atoms with E-state index in [1.165, 1.54) is 46.8 Å². The zero-order valence-electron chi connectivity index (χ0n) is 18.0. The molecule has 0 saturated carbocycles. The first kappa shape index (κ1) is 28.0. The molecule has 2 aliphatic carbocycles. The zero-order valence-corrected chi connectivity index (χ0v) is 22.1. The first-order chi connectivity index (χ1) is 11.8. The van der Waals surface area contributed by atoms with Crippen LogP contribution in [0.2, 0.25) is 18.1 Å². The summed E-state index contributed by atoms with van der Waals surface area (Å²) in [5, 5.41) is 0. The van der Waals surface area contributed by atoms with Gasteiger partial charge in [-0.05, 0) is 0 Å². The van der Waals surface area contributed by atoms with Crippen molar-refractivity contribution in [1.29, 1.82) is 0 Å². The molecule has 0 nitrogen and oxygen atoms in total. The van der Waals surface area contributed by atoms with Crippen LogP contribution in [0.4, 0.5) is 0 Å². The van der Waals surface area contributed by atoms with Gasteiger partial charge in [0.05, 0.1) is 0 Å². The normalized spacial score (nSPS) is 22.4. The van der Waals surface area contributed by atoms with E-state index in [0.717, 1.165) is 0 Å². The van der Waals surface area contributed by atoms with Crippen LogP contribution >= 0.6 is 0 Å². The molecule has 1 atom stereocenters. The Hall–Kier alpha value is -0.0488. The summed E-state index contributed by atoms with van der Waals surface area (Å²) in [5.74, 6) is 0. The van der Waals surface area contributed by atoms with Gasteiger partial charge in [-0.15, -0.1) is 18.6 Å². The van der Waals surface area contributed by atoms with Gasteiger partial charge in [0.25, 0.3) is 0 Å². The van der Waals surface area contributed by atoms with Gasteiger partial charge in [0.2, 0.25) is 0 Å². The summed E-state index contributed by atoms with van der Waals surface area (Å²) in [6, 6.07) is 13.4. The van der Waals surface area contributed by atoms with Crippen LogP contribution in [-0.4, -0.2) is 8.07 Å². The fourth-order valence-electron chi connectivity index (χ4n) is 4.56. The molecule has 150 valence electrons. The number of hydrogen-bond acceptors (Lipinski definition) is 0. The van der Waals surface area contributed by atoms with E-state index >= 15 is 0 Å². The average Bonchev–Trinajstić information content (AvgIpc) is 3.04. The first-order valence-electron chi connectivity index (χ1n) is 9.79. The van der Waals surface area contributed by atoms with E-state index in [-0.39, 0.29) is 51.9 Å². The maximum atomic E-state index is 3.65. The molecule has 0 bridgehead atoms. The molecule has 0 N–H and O–H groups in total. The maximum Gasteiger partial charge on any atom is 4.00 e. The van der Waals surface area contributed by atoms with Crippen LogP contribution in [0.1, 0.15) is 64.6 Å². The molecular weight excluding hydrogens is 435 g/mol. The predicted octanol–water partition coefficient (Wildman–Crippen LogP) is 1.13. The Morgan fingerprint density at radius 1 is 1.07 bits per heavy atom. The van der Waals surface area contributed by atoms with Crippen molar-refractivity contribution >= 4 is 14.1 Å². The van der Waals surface area contributed by atoms with Gasteiger partial charge in [-0.1, -0.05) is 88.3 Å². The number of hydrogen-bond donors (Lipinski definition) is 0. The van der Waals surface area contributed by atoms with E-state index < -0.39 is 8.07 Å². The van der Waals surface area contributed by atoms with Crippen molar-refractivity contribution in [3.05, 3.63) is 64.3 Å². The largest absolute Gasteiger partial charge is 4.00 e. The summed E-state index contributed by atoms with van der Waals surface area (Å²) in [7, 11) is -0.977. The van der Waals surface area contributed by atoms with Gasteiger partial charge in [-0.3, -0.25) is 12.2 Å². The third-order valence-corrected chi connectivity index (χ3v) is 12.8. The molecule has 0 spiro atoms. The van der Waals surface area contributed by atoms with Gasteiger partial charge in [0.15, 0.2) is 0 Å². The molecule has 1 aliphatic heterocycles. The van der Waals surface area contributed by atoms with Gasteiger partial charge in [0, 0.05) is 8.07 Å². The van der Waals surface area contributed by atoms with E-state index in [1.54, 1.807) is 5.56 Å². The Balaban J connectivity index is 0.000000503. The molecule has 4 rings (SSSR count). The second-order valence-electron chi connectivity index (χ2n) is 8.57. The first-order valence-corrected chi connectivity index (χ1v) is 12.5. The van der Waals surface area contributed by atoms with Crippen LogP contribution in [0.3, 0.4) is 0 Å². The maximum absolute atomic E-state index is 3.65. The van der Waals surface area contributed by atoms with Crippen molar-refractivity contribution in [2.75, 3.05) is 0 Å². The third-order valence-electron chi connectivity index (χ3n) is 6.94. The van der Waals surface area contributed by atoms with Crippen LogP contribution in [-0.2, 0) is 21.7 Å². The van der Waals surface area contributed by atoms with Gasteiger partial charge in [-0.2, -0.15) is 16.7 Å². The fourth-order valence-corrected chi connectivity index (χ4v) is 8.87. The van der Waals surface area contributed by atoms with Gasteiger partial charge in [-0.25, -0.2) is 11.6 Å². The molecule has 3 aliphatic rings. The smallest absolute Gasteiger partial charge is 1.00 e. The minimum atomic E-state index is -0.977. The molecule has 28 heavy (non-hydrogen) atoms. The molecule has 1 aromatic rings. The second kappa shape index (κ2) is 10.8. The number of benzene rings is 1. The summed E-state index contributed by atoms with van der Waals surface area (Å²) < 4.78 is 0. The second-order valence-corrected chi connectivity index (χ2v) is 13.6. The number of fused-ring (bicyclic) bond motifs is 1. The molecule has 1 saturated heterocycles. The average molecular weight is 467 g/mol. The molecule has 4 heteroatoms. The summed E-state index contributed by atoms with van der Waals surface area (Å²) in [6.07, 6.45) is 10.8. The van der Waals surface area contributed by atoms with Crippen molar-refractivity contribution in [2.24, 2.45) is 5.41 Å². The molecule has 1 fully saturated rings. The molecule has 0 amide bonds. The quantitative estimate of drug-likeness (QED) is 0.452. The van der Waals surface area contributed by atoms with Gasteiger partial charge >= 0.3 is 21.7 Å².